The van der Waals surface area contributed by atoms with E-state index in [-0.39, 0.29) is 28.3 Å². The number of rotatable bonds is 4. The van der Waals surface area contributed by atoms with E-state index >= 15 is 0 Å². The fourth-order valence-corrected chi connectivity index (χ4v) is 3.60. The van der Waals surface area contributed by atoms with Crippen LogP contribution in [-0.4, -0.2) is 25.2 Å². The van der Waals surface area contributed by atoms with Crippen LogP contribution in [0.1, 0.15) is 54.4 Å². The summed E-state index contributed by atoms with van der Waals surface area (Å²) in [6.07, 6.45) is 4.17. The molecule has 4 nitrogen and oxygen atoms in total. The molecule has 4 heteroatoms. The van der Waals surface area contributed by atoms with Crippen LogP contribution >= 0.6 is 0 Å². The van der Waals surface area contributed by atoms with Crippen LogP contribution in [0.4, 0.5) is 0 Å². The average molecular weight is 296 g/mol. The van der Waals surface area contributed by atoms with Gasteiger partial charge in [-0.2, -0.15) is 0 Å². The maximum atomic E-state index is 11.0. The molecule has 0 radical (unpaired) electrons. The molecule has 2 unspecified atom stereocenters. The van der Waals surface area contributed by atoms with E-state index in [9.17, 15) is 4.79 Å². The highest BCUT2D eigenvalue weighted by atomic mass is 16.5. The Balaban J connectivity index is 3.06. The number of hydrogen-bond donors (Lipinski definition) is 2. The Morgan fingerprint density at radius 3 is 2.48 bits per heavy atom. The zero-order valence-corrected chi connectivity index (χ0v) is 14.5. The standard InChI is InChI=1S/C17H32N2O2/c1-12(20)21-11-16(4,5)7-13-14(19)8-15(2,3)9-17(13,6)10-18/h7,14H,8-11,18-19H2,1-6H3. The first-order valence-corrected chi connectivity index (χ1v) is 7.73. The molecule has 1 rings (SSSR count). The molecule has 0 bridgehead atoms. The van der Waals surface area contributed by atoms with Crippen molar-refractivity contribution in [1.29, 1.82) is 0 Å². The molecule has 1 aliphatic carbocycles. The lowest BCUT2D eigenvalue weighted by Gasteiger charge is -2.48. The second-order valence-electron chi connectivity index (χ2n) is 8.28. The van der Waals surface area contributed by atoms with Gasteiger partial charge in [0.2, 0.25) is 0 Å². The summed E-state index contributed by atoms with van der Waals surface area (Å²) in [6, 6.07) is 0.0129. The Kier molecular flexibility index (Phi) is 5.27. The summed E-state index contributed by atoms with van der Waals surface area (Å²) >= 11 is 0. The molecule has 0 heterocycles. The molecule has 0 saturated heterocycles. The molecule has 1 aliphatic rings. The molecule has 4 N–H and O–H groups in total. The highest BCUT2D eigenvalue weighted by Crippen LogP contribution is 2.49. The van der Waals surface area contributed by atoms with Gasteiger partial charge < -0.3 is 16.2 Å². The quantitative estimate of drug-likeness (QED) is 0.617. The van der Waals surface area contributed by atoms with E-state index in [1.54, 1.807) is 0 Å². The van der Waals surface area contributed by atoms with Gasteiger partial charge >= 0.3 is 5.97 Å². The van der Waals surface area contributed by atoms with Crippen LogP contribution in [0, 0.1) is 16.2 Å². The van der Waals surface area contributed by atoms with Gasteiger partial charge in [-0.1, -0.05) is 40.7 Å². The van der Waals surface area contributed by atoms with Gasteiger partial charge in [0.05, 0.1) is 6.61 Å². The summed E-state index contributed by atoms with van der Waals surface area (Å²) in [5, 5.41) is 0. The monoisotopic (exact) mass is 296 g/mol. The molecule has 2 atom stereocenters. The third kappa shape index (κ3) is 4.82. The van der Waals surface area contributed by atoms with E-state index in [0.717, 1.165) is 12.8 Å². The zero-order valence-electron chi connectivity index (χ0n) is 14.5. The van der Waals surface area contributed by atoms with Crippen LogP contribution in [0.3, 0.4) is 0 Å². The number of nitrogens with two attached hydrogens (primary N) is 2. The summed E-state index contributed by atoms with van der Waals surface area (Å²) in [5.41, 5.74) is 13.6. The zero-order chi connectivity index (χ0) is 16.5. The highest BCUT2D eigenvalue weighted by molar-refractivity contribution is 5.65. The lowest BCUT2D eigenvalue weighted by Crippen LogP contribution is -2.48. The molecule has 0 amide bonds. The Labute approximate surface area is 129 Å². The van der Waals surface area contributed by atoms with Gasteiger partial charge in [0.15, 0.2) is 0 Å². The lowest BCUT2D eigenvalue weighted by atomic mass is 9.59. The van der Waals surface area contributed by atoms with Crippen LogP contribution in [0.15, 0.2) is 11.6 Å². The minimum absolute atomic E-state index is 0.0129. The Bertz CT molecular complexity index is 427. The van der Waals surface area contributed by atoms with Crippen molar-refractivity contribution in [2.75, 3.05) is 13.2 Å². The second-order valence-corrected chi connectivity index (χ2v) is 8.28. The van der Waals surface area contributed by atoms with E-state index in [2.05, 4.69) is 40.7 Å². The predicted molar refractivity (Wildman–Crippen MR) is 86.6 cm³/mol. The molecule has 0 aromatic carbocycles. The van der Waals surface area contributed by atoms with Crippen LogP contribution in [0.5, 0.6) is 0 Å². The largest absolute Gasteiger partial charge is 0.465 e. The van der Waals surface area contributed by atoms with E-state index in [1.165, 1.54) is 12.5 Å². The smallest absolute Gasteiger partial charge is 0.302 e. The average Bonchev–Trinajstić information content (AvgIpc) is 2.31. The fraction of sp³-hybridized carbons (Fsp3) is 0.824. The number of ether oxygens (including phenoxy) is 1. The number of carbonyl (C=O) groups excluding carboxylic acids is 1. The van der Waals surface area contributed by atoms with Gasteiger partial charge in [-0.15, -0.1) is 0 Å². The van der Waals surface area contributed by atoms with Gasteiger partial charge in [0.25, 0.3) is 0 Å². The molecule has 1 fully saturated rings. The van der Waals surface area contributed by atoms with Gasteiger partial charge in [-0.05, 0) is 23.8 Å². The van der Waals surface area contributed by atoms with Crippen LogP contribution in [-0.2, 0) is 9.53 Å². The van der Waals surface area contributed by atoms with Crippen LogP contribution in [0.2, 0.25) is 0 Å². The van der Waals surface area contributed by atoms with Crippen molar-refractivity contribution >= 4 is 5.97 Å². The van der Waals surface area contributed by atoms with Crippen molar-refractivity contribution in [2.24, 2.45) is 27.7 Å². The van der Waals surface area contributed by atoms with Crippen molar-refractivity contribution in [1.82, 2.24) is 0 Å². The molecule has 122 valence electrons. The molecule has 0 aromatic heterocycles. The highest BCUT2D eigenvalue weighted by Gasteiger charge is 2.43. The summed E-state index contributed by atoms with van der Waals surface area (Å²) in [6.45, 7) is 13.2. The van der Waals surface area contributed by atoms with Crippen LogP contribution < -0.4 is 11.5 Å². The van der Waals surface area contributed by atoms with E-state index in [1.807, 2.05) is 0 Å². The SMILES string of the molecule is CC(=O)OCC(C)(C)C=C1C(N)CC(C)(C)CC1(C)CN. The van der Waals surface area contributed by atoms with Gasteiger partial charge in [0, 0.05) is 30.3 Å². The normalized spacial score (nSPS) is 31.2. The molecule has 0 spiro atoms. The van der Waals surface area contributed by atoms with E-state index < -0.39 is 0 Å². The van der Waals surface area contributed by atoms with Crippen molar-refractivity contribution in [3.8, 4) is 0 Å². The molecule has 0 aliphatic heterocycles. The van der Waals surface area contributed by atoms with Crippen molar-refractivity contribution in [2.45, 2.75) is 60.4 Å². The Hall–Kier alpha value is -0.870. The first-order chi connectivity index (χ1) is 9.41. The van der Waals surface area contributed by atoms with Crippen LogP contribution in [0.25, 0.3) is 0 Å². The van der Waals surface area contributed by atoms with Gasteiger partial charge in [-0.25, -0.2) is 0 Å². The van der Waals surface area contributed by atoms with Crippen molar-refractivity contribution in [3.63, 3.8) is 0 Å². The van der Waals surface area contributed by atoms with Crippen molar-refractivity contribution in [3.05, 3.63) is 11.6 Å². The minimum atomic E-state index is -0.253. The number of hydrogen-bond acceptors (Lipinski definition) is 4. The summed E-state index contributed by atoms with van der Waals surface area (Å²) < 4.78 is 5.17. The summed E-state index contributed by atoms with van der Waals surface area (Å²) in [7, 11) is 0. The Morgan fingerprint density at radius 1 is 1.43 bits per heavy atom. The number of esters is 1. The lowest BCUT2D eigenvalue weighted by molar-refractivity contribution is -0.143. The summed E-state index contributed by atoms with van der Waals surface area (Å²) in [4.78, 5) is 11.0. The molecular weight excluding hydrogens is 264 g/mol. The molecular formula is C17H32N2O2. The minimum Gasteiger partial charge on any atom is -0.465 e. The first kappa shape index (κ1) is 18.2. The van der Waals surface area contributed by atoms with Crippen molar-refractivity contribution < 1.29 is 9.53 Å². The molecule has 0 aromatic rings. The first-order valence-electron chi connectivity index (χ1n) is 7.73. The third-order valence-corrected chi connectivity index (χ3v) is 4.38. The van der Waals surface area contributed by atoms with E-state index in [4.69, 9.17) is 16.2 Å². The van der Waals surface area contributed by atoms with Gasteiger partial charge in [-0.3, -0.25) is 4.79 Å². The second kappa shape index (κ2) is 6.09. The maximum absolute atomic E-state index is 11.0. The molecule has 21 heavy (non-hydrogen) atoms. The predicted octanol–water partition coefficient (Wildman–Crippen LogP) is 2.61. The Morgan fingerprint density at radius 2 is 2.00 bits per heavy atom. The third-order valence-electron chi connectivity index (χ3n) is 4.38. The van der Waals surface area contributed by atoms with E-state index in [0.29, 0.717) is 13.2 Å². The fourth-order valence-electron chi connectivity index (χ4n) is 3.60. The van der Waals surface area contributed by atoms with Gasteiger partial charge in [0.1, 0.15) is 0 Å². The molecule has 1 saturated carbocycles. The number of carbonyl (C=O) groups is 1. The summed E-state index contributed by atoms with van der Waals surface area (Å²) in [5.74, 6) is -0.253. The maximum Gasteiger partial charge on any atom is 0.302 e. The topological polar surface area (TPSA) is 78.3 Å².